The highest BCUT2D eigenvalue weighted by atomic mass is 79.9. The molecule has 0 bridgehead atoms. The molecule has 0 saturated carbocycles. The van der Waals surface area contributed by atoms with Crippen LogP contribution in [0.1, 0.15) is 25.8 Å². The van der Waals surface area contributed by atoms with Gasteiger partial charge in [-0.1, -0.05) is 19.9 Å². The number of hydrogen-bond donors (Lipinski definition) is 2. The lowest BCUT2D eigenvalue weighted by atomic mass is 10.0. The van der Waals surface area contributed by atoms with Crippen LogP contribution in [-0.2, 0) is 4.79 Å². The van der Waals surface area contributed by atoms with E-state index in [4.69, 9.17) is 5.73 Å². The van der Waals surface area contributed by atoms with E-state index in [1.807, 2.05) is 39.0 Å². The van der Waals surface area contributed by atoms with Gasteiger partial charge in [0, 0.05) is 16.9 Å². The first-order valence-electron chi connectivity index (χ1n) is 5.71. The van der Waals surface area contributed by atoms with Gasteiger partial charge in [0.15, 0.2) is 0 Å². The first-order valence-corrected chi connectivity index (χ1v) is 6.51. The molecule has 1 aromatic rings. The zero-order chi connectivity index (χ0) is 13.0. The van der Waals surface area contributed by atoms with E-state index in [9.17, 15) is 4.79 Å². The second-order valence-electron chi connectivity index (χ2n) is 4.64. The highest BCUT2D eigenvalue weighted by molar-refractivity contribution is 9.10. The lowest BCUT2D eigenvalue weighted by Crippen LogP contribution is -2.31. The minimum Gasteiger partial charge on any atom is -0.327 e. The molecule has 0 heterocycles. The molecule has 0 aromatic heterocycles. The number of hydrogen-bond acceptors (Lipinski definition) is 2. The average molecular weight is 299 g/mol. The van der Waals surface area contributed by atoms with E-state index >= 15 is 0 Å². The van der Waals surface area contributed by atoms with Crippen LogP contribution in [0.25, 0.3) is 0 Å². The topological polar surface area (TPSA) is 55.1 Å². The van der Waals surface area contributed by atoms with Crippen LogP contribution < -0.4 is 11.1 Å². The minimum atomic E-state index is -0.0985. The van der Waals surface area contributed by atoms with Crippen molar-refractivity contribution in [1.82, 2.24) is 0 Å². The molecule has 94 valence electrons. The van der Waals surface area contributed by atoms with Crippen molar-refractivity contribution in [2.75, 3.05) is 5.32 Å². The van der Waals surface area contributed by atoms with Crippen molar-refractivity contribution in [3.63, 3.8) is 0 Å². The van der Waals surface area contributed by atoms with Gasteiger partial charge in [0.2, 0.25) is 5.91 Å². The number of aryl methyl sites for hydroxylation is 1. The molecule has 1 unspecified atom stereocenters. The van der Waals surface area contributed by atoms with Crippen LogP contribution in [0.15, 0.2) is 22.7 Å². The number of nitrogens with two attached hydrogens (primary N) is 1. The van der Waals surface area contributed by atoms with Gasteiger partial charge in [-0.3, -0.25) is 4.79 Å². The molecule has 4 heteroatoms. The van der Waals surface area contributed by atoms with E-state index in [0.717, 1.165) is 15.7 Å². The van der Waals surface area contributed by atoms with Crippen molar-refractivity contribution in [2.45, 2.75) is 33.2 Å². The van der Waals surface area contributed by atoms with Crippen molar-refractivity contribution < 1.29 is 4.79 Å². The summed E-state index contributed by atoms with van der Waals surface area (Å²) < 4.78 is 0.884. The predicted molar refractivity (Wildman–Crippen MR) is 74.9 cm³/mol. The maximum absolute atomic E-state index is 11.8. The molecule has 3 nitrogen and oxygen atoms in total. The molecular weight excluding hydrogens is 280 g/mol. The van der Waals surface area contributed by atoms with Crippen LogP contribution in [0.5, 0.6) is 0 Å². The molecule has 0 fully saturated rings. The summed E-state index contributed by atoms with van der Waals surface area (Å²) in [4.78, 5) is 11.8. The second-order valence-corrected chi connectivity index (χ2v) is 5.50. The van der Waals surface area contributed by atoms with Crippen LogP contribution in [0.4, 0.5) is 5.69 Å². The van der Waals surface area contributed by atoms with Crippen molar-refractivity contribution in [3.05, 3.63) is 28.2 Å². The molecule has 0 aliphatic rings. The summed E-state index contributed by atoms with van der Waals surface area (Å²) in [5.41, 5.74) is 7.77. The van der Waals surface area contributed by atoms with E-state index in [2.05, 4.69) is 21.2 Å². The number of nitrogens with one attached hydrogen (secondary N) is 1. The number of carbonyl (C=O) groups excluding carboxylic acids is 1. The Bertz CT molecular complexity index is 404. The van der Waals surface area contributed by atoms with E-state index in [1.165, 1.54) is 0 Å². The van der Waals surface area contributed by atoms with Gasteiger partial charge in [-0.05, 0) is 46.5 Å². The largest absolute Gasteiger partial charge is 0.327 e. The Hall–Kier alpha value is -0.870. The summed E-state index contributed by atoms with van der Waals surface area (Å²) in [5.74, 6) is 0.263. The Morgan fingerprint density at radius 1 is 1.47 bits per heavy atom. The average Bonchev–Trinajstić information content (AvgIpc) is 2.23. The molecule has 1 aromatic carbocycles. The maximum Gasteiger partial charge on any atom is 0.225 e. The molecule has 0 aliphatic heterocycles. The molecule has 0 aliphatic carbocycles. The van der Waals surface area contributed by atoms with Crippen LogP contribution >= 0.6 is 15.9 Å². The lowest BCUT2D eigenvalue weighted by molar-refractivity contribution is -0.116. The minimum absolute atomic E-state index is 0.0440. The van der Waals surface area contributed by atoms with Gasteiger partial charge in [-0.25, -0.2) is 0 Å². The number of amides is 1. The third-order valence-electron chi connectivity index (χ3n) is 2.67. The fourth-order valence-corrected chi connectivity index (χ4v) is 1.73. The third kappa shape index (κ3) is 4.48. The van der Waals surface area contributed by atoms with Gasteiger partial charge in [0.05, 0.1) is 5.69 Å². The Kier molecular flexibility index (Phi) is 5.15. The number of benzene rings is 1. The maximum atomic E-state index is 11.8. The van der Waals surface area contributed by atoms with Gasteiger partial charge in [-0.15, -0.1) is 0 Å². The van der Waals surface area contributed by atoms with E-state index in [0.29, 0.717) is 12.3 Å². The highest BCUT2D eigenvalue weighted by Crippen LogP contribution is 2.23. The van der Waals surface area contributed by atoms with E-state index in [-0.39, 0.29) is 11.9 Å². The molecule has 0 saturated heterocycles. The van der Waals surface area contributed by atoms with Gasteiger partial charge < -0.3 is 11.1 Å². The monoisotopic (exact) mass is 298 g/mol. The fourth-order valence-electron chi connectivity index (χ4n) is 1.39. The SMILES string of the molecule is Cc1ccc(Br)c(NC(=O)CC(N)C(C)C)c1. The molecule has 1 rings (SSSR count). The van der Waals surface area contributed by atoms with Crippen LogP contribution in [0.3, 0.4) is 0 Å². The standard InChI is InChI=1S/C13H19BrN2O/c1-8(2)11(15)7-13(17)16-12-6-9(3)4-5-10(12)14/h4-6,8,11H,7,15H2,1-3H3,(H,16,17). The Morgan fingerprint density at radius 3 is 2.71 bits per heavy atom. The zero-order valence-electron chi connectivity index (χ0n) is 10.5. The van der Waals surface area contributed by atoms with Gasteiger partial charge in [-0.2, -0.15) is 0 Å². The summed E-state index contributed by atoms with van der Waals surface area (Å²) >= 11 is 3.41. The lowest BCUT2D eigenvalue weighted by Gasteiger charge is -2.15. The van der Waals surface area contributed by atoms with Gasteiger partial charge >= 0.3 is 0 Å². The van der Waals surface area contributed by atoms with Crippen molar-refractivity contribution in [3.8, 4) is 0 Å². The molecular formula is C13H19BrN2O. The Labute approximate surface area is 111 Å². The molecule has 0 spiro atoms. The van der Waals surface area contributed by atoms with Crippen molar-refractivity contribution >= 4 is 27.5 Å². The third-order valence-corrected chi connectivity index (χ3v) is 3.36. The Morgan fingerprint density at radius 2 is 2.12 bits per heavy atom. The number of carbonyl (C=O) groups is 1. The molecule has 1 amide bonds. The summed E-state index contributed by atoms with van der Waals surface area (Å²) in [5, 5.41) is 2.87. The zero-order valence-corrected chi connectivity index (χ0v) is 12.0. The first-order chi connectivity index (χ1) is 7.90. The van der Waals surface area contributed by atoms with Gasteiger partial charge in [0.25, 0.3) is 0 Å². The van der Waals surface area contributed by atoms with E-state index < -0.39 is 0 Å². The summed E-state index contributed by atoms with van der Waals surface area (Å²) in [7, 11) is 0. The fraction of sp³-hybridized carbons (Fsp3) is 0.462. The normalized spacial score (nSPS) is 12.6. The molecule has 3 N–H and O–H groups in total. The van der Waals surface area contributed by atoms with Crippen LogP contribution in [-0.4, -0.2) is 11.9 Å². The second kappa shape index (κ2) is 6.17. The summed E-state index contributed by atoms with van der Waals surface area (Å²) in [6, 6.07) is 5.74. The molecule has 0 radical (unpaired) electrons. The first kappa shape index (κ1) is 14.2. The van der Waals surface area contributed by atoms with Gasteiger partial charge in [0.1, 0.15) is 0 Å². The number of halogens is 1. The molecule has 1 atom stereocenters. The quantitative estimate of drug-likeness (QED) is 0.897. The van der Waals surface area contributed by atoms with E-state index in [1.54, 1.807) is 0 Å². The molecule has 17 heavy (non-hydrogen) atoms. The predicted octanol–water partition coefficient (Wildman–Crippen LogP) is 3.07. The highest BCUT2D eigenvalue weighted by Gasteiger charge is 2.13. The van der Waals surface area contributed by atoms with Crippen molar-refractivity contribution in [2.24, 2.45) is 11.7 Å². The number of anilines is 1. The summed E-state index contributed by atoms with van der Waals surface area (Å²) in [6.45, 7) is 6.02. The summed E-state index contributed by atoms with van der Waals surface area (Å²) in [6.07, 6.45) is 0.345. The van der Waals surface area contributed by atoms with Crippen molar-refractivity contribution in [1.29, 1.82) is 0 Å². The van der Waals surface area contributed by atoms with Crippen LogP contribution in [0.2, 0.25) is 0 Å². The Balaban J connectivity index is 2.65. The smallest absolute Gasteiger partial charge is 0.225 e. The van der Waals surface area contributed by atoms with Crippen LogP contribution in [0, 0.1) is 12.8 Å². The number of rotatable bonds is 4.